The molecule has 1 nitrogen and oxygen atoms in total. The van der Waals surface area contributed by atoms with Gasteiger partial charge in [0.25, 0.3) is 0 Å². The van der Waals surface area contributed by atoms with Gasteiger partial charge < -0.3 is 4.65 Å². The van der Waals surface area contributed by atoms with Gasteiger partial charge in [-0.15, -0.1) is 0 Å². The third-order valence-corrected chi connectivity index (χ3v) is 5.62. The standard InChI is InChI=1S/C17H24BFO/c1-16(2)11-18(20-17(16,3)4)14-9-10-15(19)13-8-6-5-7-12(13)14/h9-10H,5-8,11H2,1-4H3. The van der Waals surface area contributed by atoms with Crippen molar-refractivity contribution in [2.24, 2.45) is 5.41 Å². The largest absolute Gasteiger partial charge is 0.426 e. The van der Waals surface area contributed by atoms with Crippen molar-refractivity contribution in [3.05, 3.63) is 29.1 Å². The summed E-state index contributed by atoms with van der Waals surface area (Å²) >= 11 is 0. The molecule has 1 aliphatic heterocycles. The van der Waals surface area contributed by atoms with Crippen LogP contribution in [0, 0.1) is 11.2 Å². The van der Waals surface area contributed by atoms with Crippen LogP contribution in [0.4, 0.5) is 4.39 Å². The zero-order valence-corrected chi connectivity index (χ0v) is 13.1. The first-order chi connectivity index (χ1) is 9.32. The van der Waals surface area contributed by atoms with Crippen LogP contribution < -0.4 is 5.46 Å². The summed E-state index contributed by atoms with van der Waals surface area (Å²) in [5, 5.41) is 0. The van der Waals surface area contributed by atoms with E-state index in [9.17, 15) is 4.39 Å². The summed E-state index contributed by atoms with van der Waals surface area (Å²) in [6.07, 6.45) is 5.18. The molecule has 3 rings (SSSR count). The van der Waals surface area contributed by atoms with Crippen LogP contribution in [0.2, 0.25) is 6.32 Å². The van der Waals surface area contributed by atoms with Gasteiger partial charge in [0, 0.05) is 0 Å². The lowest BCUT2D eigenvalue weighted by atomic mass is 9.52. The summed E-state index contributed by atoms with van der Waals surface area (Å²) in [4.78, 5) is 0. The van der Waals surface area contributed by atoms with E-state index in [1.807, 2.05) is 6.07 Å². The van der Waals surface area contributed by atoms with Crippen molar-refractivity contribution in [2.45, 2.75) is 65.3 Å². The van der Waals surface area contributed by atoms with Gasteiger partial charge in [0.1, 0.15) is 5.82 Å². The van der Waals surface area contributed by atoms with E-state index in [0.717, 1.165) is 31.1 Å². The molecule has 2 aliphatic rings. The highest BCUT2D eigenvalue weighted by Gasteiger charge is 2.50. The molecule has 0 N–H and O–H groups in total. The van der Waals surface area contributed by atoms with E-state index in [0.29, 0.717) is 0 Å². The van der Waals surface area contributed by atoms with Crippen LogP contribution in [-0.4, -0.2) is 12.5 Å². The Kier molecular flexibility index (Phi) is 3.24. The Morgan fingerprint density at radius 3 is 2.30 bits per heavy atom. The zero-order chi connectivity index (χ0) is 14.5. The lowest BCUT2D eigenvalue weighted by molar-refractivity contribution is 0.0375. The minimum absolute atomic E-state index is 0.0278. The number of halogens is 1. The molecular formula is C17H24BFO. The van der Waals surface area contributed by atoms with E-state index in [4.69, 9.17) is 4.65 Å². The molecule has 1 saturated heterocycles. The third kappa shape index (κ3) is 2.11. The lowest BCUT2D eigenvalue weighted by Gasteiger charge is -2.34. The van der Waals surface area contributed by atoms with Gasteiger partial charge >= 0.3 is 6.92 Å². The van der Waals surface area contributed by atoms with Crippen molar-refractivity contribution in [2.75, 3.05) is 0 Å². The molecular weight excluding hydrogens is 250 g/mol. The summed E-state index contributed by atoms with van der Waals surface area (Å²) in [6, 6.07) is 3.60. The number of fused-ring (bicyclic) bond motifs is 1. The van der Waals surface area contributed by atoms with E-state index in [-0.39, 0.29) is 23.7 Å². The Bertz CT molecular complexity index is 520. The molecule has 0 spiro atoms. The van der Waals surface area contributed by atoms with Gasteiger partial charge in [-0.2, -0.15) is 0 Å². The van der Waals surface area contributed by atoms with Crippen LogP contribution in [0.1, 0.15) is 51.7 Å². The van der Waals surface area contributed by atoms with Gasteiger partial charge in [-0.05, 0) is 73.9 Å². The first-order valence-electron chi connectivity index (χ1n) is 7.80. The monoisotopic (exact) mass is 274 g/mol. The quantitative estimate of drug-likeness (QED) is 0.709. The van der Waals surface area contributed by atoms with Crippen LogP contribution >= 0.6 is 0 Å². The molecule has 1 aromatic carbocycles. The van der Waals surface area contributed by atoms with Crippen LogP contribution in [0.15, 0.2) is 12.1 Å². The Hall–Kier alpha value is -0.825. The van der Waals surface area contributed by atoms with Crippen LogP contribution in [0.3, 0.4) is 0 Å². The molecule has 3 heteroatoms. The molecule has 1 fully saturated rings. The number of rotatable bonds is 1. The summed E-state index contributed by atoms with van der Waals surface area (Å²) in [6.45, 7) is 8.99. The van der Waals surface area contributed by atoms with E-state index in [1.54, 1.807) is 6.07 Å². The maximum atomic E-state index is 14.0. The fraction of sp³-hybridized carbons (Fsp3) is 0.647. The Morgan fingerprint density at radius 1 is 1.05 bits per heavy atom. The summed E-state index contributed by atoms with van der Waals surface area (Å²) in [7, 11) is 0. The van der Waals surface area contributed by atoms with Crippen LogP contribution in [-0.2, 0) is 17.5 Å². The third-order valence-electron chi connectivity index (χ3n) is 5.62. The van der Waals surface area contributed by atoms with Crippen molar-refractivity contribution in [3.63, 3.8) is 0 Å². The summed E-state index contributed by atoms with van der Waals surface area (Å²) in [5.41, 5.74) is 3.43. The fourth-order valence-electron chi connectivity index (χ4n) is 3.59. The number of hydrogen-bond donors (Lipinski definition) is 0. The number of benzene rings is 1. The Balaban J connectivity index is 2.00. The normalized spacial score (nSPS) is 23.8. The van der Waals surface area contributed by atoms with Gasteiger partial charge in [0.05, 0.1) is 5.60 Å². The average molecular weight is 274 g/mol. The molecule has 108 valence electrons. The molecule has 0 unspecified atom stereocenters. The topological polar surface area (TPSA) is 9.23 Å². The maximum absolute atomic E-state index is 14.0. The molecule has 0 amide bonds. The van der Waals surface area contributed by atoms with Crippen molar-refractivity contribution >= 4 is 12.4 Å². The van der Waals surface area contributed by atoms with Gasteiger partial charge in [0.2, 0.25) is 0 Å². The predicted octanol–water partition coefficient (Wildman–Crippen LogP) is 3.74. The van der Waals surface area contributed by atoms with E-state index in [2.05, 4.69) is 27.7 Å². The van der Waals surface area contributed by atoms with Crippen molar-refractivity contribution < 1.29 is 9.04 Å². The molecule has 1 heterocycles. The molecule has 0 bridgehead atoms. The Labute approximate surface area is 122 Å². The van der Waals surface area contributed by atoms with Crippen LogP contribution in [0.5, 0.6) is 0 Å². The van der Waals surface area contributed by atoms with Gasteiger partial charge in [-0.25, -0.2) is 4.39 Å². The second-order valence-corrected chi connectivity index (χ2v) is 7.51. The van der Waals surface area contributed by atoms with E-state index < -0.39 is 0 Å². The number of hydrogen-bond acceptors (Lipinski definition) is 1. The average Bonchev–Trinajstić information content (AvgIpc) is 2.59. The van der Waals surface area contributed by atoms with Crippen molar-refractivity contribution in [1.29, 1.82) is 0 Å². The highest BCUT2D eigenvalue weighted by atomic mass is 19.1. The second kappa shape index (κ2) is 4.59. The highest BCUT2D eigenvalue weighted by molar-refractivity contribution is 6.68. The predicted molar refractivity (Wildman–Crippen MR) is 82.2 cm³/mol. The van der Waals surface area contributed by atoms with Crippen LogP contribution in [0.25, 0.3) is 0 Å². The van der Waals surface area contributed by atoms with Gasteiger partial charge in [-0.3, -0.25) is 0 Å². The van der Waals surface area contributed by atoms with E-state index >= 15 is 0 Å². The second-order valence-electron chi connectivity index (χ2n) is 7.51. The maximum Gasteiger partial charge on any atom is 0.328 e. The summed E-state index contributed by atoms with van der Waals surface area (Å²) < 4.78 is 20.3. The smallest absolute Gasteiger partial charge is 0.328 e. The van der Waals surface area contributed by atoms with Crippen molar-refractivity contribution in [1.82, 2.24) is 0 Å². The molecule has 0 saturated carbocycles. The van der Waals surface area contributed by atoms with Crippen molar-refractivity contribution in [3.8, 4) is 0 Å². The minimum atomic E-state index is -0.131. The molecule has 20 heavy (non-hydrogen) atoms. The zero-order valence-electron chi connectivity index (χ0n) is 13.1. The molecule has 0 radical (unpaired) electrons. The highest BCUT2D eigenvalue weighted by Crippen LogP contribution is 2.45. The Morgan fingerprint density at radius 2 is 1.70 bits per heavy atom. The summed E-state index contributed by atoms with van der Waals surface area (Å²) in [5.74, 6) is -0.0278. The molecule has 1 aromatic rings. The minimum Gasteiger partial charge on any atom is -0.426 e. The van der Waals surface area contributed by atoms with Gasteiger partial charge in [0.15, 0.2) is 0 Å². The first kappa shape index (κ1) is 14.1. The molecule has 0 atom stereocenters. The SMILES string of the molecule is CC1(C)CB(c2ccc(F)c3c2CCCC3)OC1(C)C. The van der Waals surface area contributed by atoms with E-state index in [1.165, 1.54) is 17.4 Å². The van der Waals surface area contributed by atoms with Gasteiger partial charge in [-0.1, -0.05) is 19.9 Å². The molecule has 1 aliphatic carbocycles. The molecule has 0 aromatic heterocycles. The first-order valence-corrected chi connectivity index (χ1v) is 7.80. The fourth-order valence-corrected chi connectivity index (χ4v) is 3.59. The lowest BCUT2D eigenvalue weighted by Crippen LogP contribution is -2.38.